The fraction of sp³-hybridized carbons (Fsp3) is 0.500. The third kappa shape index (κ3) is 3.13. The van der Waals surface area contributed by atoms with Crippen molar-refractivity contribution in [1.82, 2.24) is 19.9 Å². The number of rotatable bonds is 7. The topological polar surface area (TPSA) is 59.9 Å². The van der Waals surface area contributed by atoms with Gasteiger partial charge in [-0.25, -0.2) is 0 Å². The molecule has 1 atom stereocenters. The Morgan fingerprint density at radius 3 is 2.95 bits per heavy atom. The van der Waals surface area contributed by atoms with E-state index >= 15 is 0 Å². The number of nitrogens with zero attached hydrogens (tertiary/aromatic N) is 3. The zero-order valence-corrected chi connectivity index (χ0v) is 12.9. The summed E-state index contributed by atoms with van der Waals surface area (Å²) in [7, 11) is 1.67. The van der Waals surface area contributed by atoms with E-state index in [4.69, 9.17) is 4.74 Å². The SMILES string of the molecule is CCCc1nnsc1C(NCC)c1ncccc1OC. The Hall–Kier alpha value is -1.53. The molecule has 0 bridgehead atoms. The lowest BCUT2D eigenvalue weighted by Gasteiger charge is -2.18. The van der Waals surface area contributed by atoms with Gasteiger partial charge in [-0.3, -0.25) is 4.98 Å². The summed E-state index contributed by atoms with van der Waals surface area (Å²) in [5, 5.41) is 7.71. The molecule has 108 valence electrons. The molecule has 0 spiro atoms. The van der Waals surface area contributed by atoms with Crippen LogP contribution in [-0.2, 0) is 6.42 Å². The summed E-state index contributed by atoms with van der Waals surface area (Å²) in [6.45, 7) is 5.07. The Morgan fingerprint density at radius 1 is 1.40 bits per heavy atom. The number of ether oxygens (including phenoxy) is 1. The van der Waals surface area contributed by atoms with Crippen LogP contribution in [0.5, 0.6) is 5.75 Å². The predicted octanol–water partition coefficient (Wildman–Crippen LogP) is 2.59. The summed E-state index contributed by atoms with van der Waals surface area (Å²) in [5.74, 6) is 0.786. The fourth-order valence-electron chi connectivity index (χ4n) is 2.15. The Balaban J connectivity index is 2.42. The van der Waals surface area contributed by atoms with E-state index in [1.54, 1.807) is 13.3 Å². The average molecular weight is 292 g/mol. The van der Waals surface area contributed by atoms with E-state index in [9.17, 15) is 0 Å². The zero-order chi connectivity index (χ0) is 14.4. The molecule has 2 rings (SSSR count). The normalized spacial score (nSPS) is 12.3. The molecule has 2 aromatic heterocycles. The summed E-state index contributed by atoms with van der Waals surface area (Å²) < 4.78 is 9.54. The van der Waals surface area contributed by atoms with Crippen LogP contribution in [0.1, 0.15) is 42.6 Å². The monoisotopic (exact) mass is 292 g/mol. The Labute approximate surface area is 123 Å². The van der Waals surface area contributed by atoms with E-state index in [0.29, 0.717) is 0 Å². The highest BCUT2D eigenvalue weighted by Gasteiger charge is 2.24. The van der Waals surface area contributed by atoms with Crippen LogP contribution < -0.4 is 10.1 Å². The van der Waals surface area contributed by atoms with Crippen molar-refractivity contribution in [3.63, 3.8) is 0 Å². The summed E-state index contributed by atoms with van der Waals surface area (Å²) >= 11 is 1.43. The molecule has 0 fully saturated rings. The van der Waals surface area contributed by atoms with Crippen molar-refractivity contribution in [3.8, 4) is 5.75 Å². The number of hydrogen-bond donors (Lipinski definition) is 1. The van der Waals surface area contributed by atoms with Crippen LogP contribution in [0.15, 0.2) is 18.3 Å². The maximum atomic E-state index is 5.43. The van der Waals surface area contributed by atoms with E-state index < -0.39 is 0 Å². The van der Waals surface area contributed by atoms with Gasteiger partial charge in [-0.2, -0.15) is 0 Å². The highest BCUT2D eigenvalue weighted by atomic mass is 32.1. The van der Waals surface area contributed by atoms with Crippen molar-refractivity contribution in [2.45, 2.75) is 32.7 Å². The van der Waals surface area contributed by atoms with Gasteiger partial charge in [0.15, 0.2) is 0 Å². The molecule has 0 radical (unpaired) electrons. The molecular weight excluding hydrogens is 272 g/mol. The molecule has 6 heteroatoms. The van der Waals surface area contributed by atoms with Gasteiger partial charge >= 0.3 is 0 Å². The first-order valence-corrected chi connectivity index (χ1v) is 7.62. The molecule has 0 aliphatic rings. The largest absolute Gasteiger partial charge is 0.495 e. The second-order valence-corrected chi connectivity index (χ2v) is 5.20. The first-order chi connectivity index (χ1) is 9.81. The van der Waals surface area contributed by atoms with Gasteiger partial charge in [-0.05, 0) is 36.6 Å². The summed E-state index contributed by atoms with van der Waals surface area (Å²) in [6, 6.07) is 3.79. The minimum Gasteiger partial charge on any atom is -0.495 e. The van der Waals surface area contributed by atoms with Crippen molar-refractivity contribution in [2.75, 3.05) is 13.7 Å². The zero-order valence-electron chi connectivity index (χ0n) is 12.1. The standard InChI is InChI=1S/C14H20N4OS/c1-4-7-10-14(20-18-17-10)13(15-5-2)12-11(19-3)8-6-9-16-12/h6,8-9,13,15H,4-5,7H2,1-3H3. The van der Waals surface area contributed by atoms with Crippen LogP contribution in [0.3, 0.4) is 0 Å². The molecule has 1 unspecified atom stereocenters. The molecular formula is C14H20N4OS. The van der Waals surface area contributed by atoms with Crippen molar-refractivity contribution < 1.29 is 4.74 Å². The van der Waals surface area contributed by atoms with Crippen molar-refractivity contribution in [3.05, 3.63) is 34.6 Å². The van der Waals surface area contributed by atoms with Gasteiger partial charge in [0, 0.05) is 6.20 Å². The second-order valence-electron chi connectivity index (χ2n) is 4.42. The third-order valence-electron chi connectivity index (χ3n) is 3.04. The smallest absolute Gasteiger partial charge is 0.142 e. The highest BCUT2D eigenvalue weighted by molar-refractivity contribution is 7.05. The maximum Gasteiger partial charge on any atom is 0.142 e. The van der Waals surface area contributed by atoms with Gasteiger partial charge in [0.1, 0.15) is 11.4 Å². The molecule has 0 aliphatic carbocycles. The number of aromatic nitrogens is 3. The Kier molecular flexibility index (Phi) is 5.43. The van der Waals surface area contributed by atoms with Gasteiger partial charge in [0.2, 0.25) is 0 Å². The van der Waals surface area contributed by atoms with E-state index in [1.807, 2.05) is 12.1 Å². The molecule has 1 N–H and O–H groups in total. The first kappa shape index (κ1) is 14.9. The lowest BCUT2D eigenvalue weighted by Crippen LogP contribution is -2.23. The third-order valence-corrected chi connectivity index (χ3v) is 3.87. The number of aryl methyl sites for hydroxylation is 1. The fourth-order valence-corrected chi connectivity index (χ4v) is 2.93. The van der Waals surface area contributed by atoms with Crippen LogP contribution in [-0.4, -0.2) is 28.2 Å². The lowest BCUT2D eigenvalue weighted by atomic mass is 10.1. The highest BCUT2D eigenvalue weighted by Crippen LogP contribution is 2.31. The molecule has 0 amide bonds. The summed E-state index contributed by atoms with van der Waals surface area (Å²) in [5.41, 5.74) is 1.94. The van der Waals surface area contributed by atoms with Crippen molar-refractivity contribution in [2.24, 2.45) is 0 Å². The van der Waals surface area contributed by atoms with Crippen molar-refractivity contribution >= 4 is 11.5 Å². The summed E-state index contributed by atoms with van der Waals surface area (Å²) in [4.78, 5) is 5.62. The molecule has 0 aliphatic heterocycles. The average Bonchev–Trinajstić information content (AvgIpc) is 2.93. The van der Waals surface area contributed by atoms with Crippen LogP contribution >= 0.6 is 11.5 Å². The van der Waals surface area contributed by atoms with Gasteiger partial charge < -0.3 is 10.1 Å². The predicted molar refractivity (Wildman–Crippen MR) is 80.2 cm³/mol. The molecule has 2 aromatic rings. The van der Waals surface area contributed by atoms with E-state index in [-0.39, 0.29) is 6.04 Å². The summed E-state index contributed by atoms with van der Waals surface area (Å²) in [6.07, 6.45) is 3.77. The number of pyridine rings is 1. The molecule has 5 nitrogen and oxygen atoms in total. The van der Waals surface area contributed by atoms with Gasteiger partial charge in [-0.15, -0.1) is 5.10 Å². The number of methoxy groups -OCH3 is 1. The molecule has 0 saturated heterocycles. The van der Waals surface area contributed by atoms with E-state index in [0.717, 1.165) is 41.4 Å². The van der Waals surface area contributed by atoms with Crippen LogP contribution in [0.2, 0.25) is 0 Å². The van der Waals surface area contributed by atoms with E-state index in [2.05, 4.69) is 33.7 Å². The van der Waals surface area contributed by atoms with E-state index in [1.165, 1.54) is 11.5 Å². The van der Waals surface area contributed by atoms with Gasteiger partial charge in [-0.1, -0.05) is 24.8 Å². The number of nitrogens with one attached hydrogen (secondary N) is 1. The first-order valence-electron chi connectivity index (χ1n) is 6.85. The Bertz CT molecular complexity index is 543. The van der Waals surface area contributed by atoms with Crippen LogP contribution in [0, 0.1) is 0 Å². The van der Waals surface area contributed by atoms with Gasteiger partial charge in [0.05, 0.1) is 23.7 Å². The van der Waals surface area contributed by atoms with Gasteiger partial charge in [0.25, 0.3) is 0 Å². The maximum absolute atomic E-state index is 5.43. The Morgan fingerprint density at radius 2 is 2.25 bits per heavy atom. The number of hydrogen-bond acceptors (Lipinski definition) is 6. The molecule has 0 saturated carbocycles. The minimum atomic E-state index is -0.0160. The molecule has 2 heterocycles. The quantitative estimate of drug-likeness (QED) is 0.850. The lowest BCUT2D eigenvalue weighted by molar-refractivity contribution is 0.400. The second kappa shape index (κ2) is 7.31. The molecule has 0 aromatic carbocycles. The minimum absolute atomic E-state index is 0.0160. The van der Waals surface area contributed by atoms with Crippen LogP contribution in [0.4, 0.5) is 0 Å². The molecule has 20 heavy (non-hydrogen) atoms. The van der Waals surface area contributed by atoms with Crippen molar-refractivity contribution in [1.29, 1.82) is 0 Å². The van der Waals surface area contributed by atoms with Crippen LogP contribution in [0.25, 0.3) is 0 Å².